The summed E-state index contributed by atoms with van der Waals surface area (Å²) in [5.41, 5.74) is 6.86. The predicted octanol–water partition coefficient (Wildman–Crippen LogP) is 1.79. The SMILES string of the molecule is COc1ccccc1C(C(C)N)N(C)C(C)(C)CO. The maximum absolute atomic E-state index is 9.55. The topological polar surface area (TPSA) is 58.7 Å². The van der Waals surface area contributed by atoms with Crippen LogP contribution in [0.5, 0.6) is 5.75 Å². The first-order valence-electron chi connectivity index (χ1n) is 6.57. The molecule has 2 atom stereocenters. The minimum absolute atomic E-state index is 0.0155. The van der Waals surface area contributed by atoms with Gasteiger partial charge in [-0.3, -0.25) is 4.90 Å². The van der Waals surface area contributed by atoms with E-state index in [9.17, 15) is 5.11 Å². The van der Waals surface area contributed by atoms with E-state index in [0.29, 0.717) is 0 Å². The fraction of sp³-hybridized carbons (Fsp3) is 0.600. The highest BCUT2D eigenvalue weighted by Gasteiger charge is 2.33. The van der Waals surface area contributed by atoms with Crippen LogP contribution in [-0.4, -0.2) is 42.4 Å². The van der Waals surface area contributed by atoms with Crippen molar-refractivity contribution in [1.82, 2.24) is 4.90 Å². The summed E-state index contributed by atoms with van der Waals surface area (Å²) in [4.78, 5) is 2.11. The monoisotopic (exact) mass is 266 g/mol. The largest absolute Gasteiger partial charge is 0.496 e. The van der Waals surface area contributed by atoms with Crippen LogP contribution in [0.3, 0.4) is 0 Å². The molecule has 1 aromatic rings. The van der Waals surface area contributed by atoms with Crippen molar-refractivity contribution in [2.45, 2.75) is 38.4 Å². The highest BCUT2D eigenvalue weighted by molar-refractivity contribution is 5.37. The van der Waals surface area contributed by atoms with Gasteiger partial charge < -0.3 is 15.6 Å². The predicted molar refractivity (Wildman–Crippen MR) is 78.3 cm³/mol. The maximum atomic E-state index is 9.55. The number of benzene rings is 1. The van der Waals surface area contributed by atoms with Gasteiger partial charge in [-0.05, 0) is 33.9 Å². The zero-order valence-electron chi connectivity index (χ0n) is 12.6. The standard InChI is InChI=1S/C15H26N2O2/c1-11(16)14(17(4)15(2,3)10-18)12-8-6-7-9-13(12)19-5/h6-9,11,14,18H,10,16H2,1-5H3. The van der Waals surface area contributed by atoms with Crippen LogP contribution in [0.15, 0.2) is 24.3 Å². The molecular formula is C15H26N2O2. The Morgan fingerprint density at radius 3 is 2.42 bits per heavy atom. The van der Waals surface area contributed by atoms with Crippen molar-refractivity contribution in [3.8, 4) is 5.75 Å². The number of rotatable bonds is 6. The van der Waals surface area contributed by atoms with Crippen molar-refractivity contribution in [1.29, 1.82) is 0 Å². The van der Waals surface area contributed by atoms with Gasteiger partial charge in [0.2, 0.25) is 0 Å². The van der Waals surface area contributed by atoms with Crippen molar-refractivity contribution >= 4 is 0 Å². The second kappa shape index (κ2) is 6.37. The first-order valence-corrected chi connectivity index (χ1v) is 6.57. The average molecular weight is 266 g/mol. The van der Waals surface area contributed by atoms with Gasteiger partial charge in [-0.15, -0.1) is 0 Å². The highest BCUT2D eigenvalue weighted by atomic mass is 16.5. The summed E-state index contributed by atoms with van der Waals surface area (Å²) in [7, 11) is 3.64. The molecule has 1 aromatic carbocycles. The minimum Gasteiger partial charge on any atom is -0.496 e. The van der Waals surface area contributed by atoms with Crippen LogP contribution >= 0.6 is 0 Å². The second-order valence-electron chi connectivity index (χ2n) is 5.63. The van der Waals surface area contributed by atoms with Gasteiger partial charge in [0, 0.05) is 17.1 Å². The number of likely N-dealkylation sites (N-methyl/N-ethyl adjacent to an activating group) is 1. The lowest BCUT2D eigenvalue weighted by Crippen LogP contribution is -2.50. The van der Waals surface area contributed by atoms with E-state index in [1.165, 1.54) is 0 Å². The van der Waals surface area contributed by atoms with Crippen molar-refractivity contribution in [3.63, 3.8) is 0 Å². The third-order valence-corrected chi connectivity index (χ3v) is 3.71. The third kappa shape index (κ3) is 3.47. The molecule has 0 saturated heterocycles. The Kier molecular flexibility index (Phi) is 5.35. The molecule has 19 heavy (non-hydrogen) atoms. The third-order valence-electron chi connectivity index (χ3n) is 3.71. The lowest BCUT2D eigenvalue weighted by molar-refractivity contribution is 0.0362. The number of nitrogens with two attached hydrogens (primary N) is 1. The molecule has 0 radical (unpaired) electrons. The molecule has 0 aliphatic rings. The van der Waals surface area contributed by atoms with Crippen LogP contribution in [0, 0.1) is 0 Å². The molecule has 4 nitrogen and oxygen atoms in total. The fourth-order valence-electron chi connectivity index (χ4n) is 2.24. The summed E-state index contributed by atoms with van der Waals surface area (Å²) in [6, 6.07) is 7.79. The molecule has 1 rings (SSSR count). The molecular weight excluding hydrogens is 240 g/mol. The van der Waals surface area contributed by atoms with Crippen molar-refractivity contribution in [2.75, 3.05) is 20.8 Å². The van der Waals surface area contributed by atoms with Gasteiger partial charge in [0.05, 0.1) is 19.8 Å². The van der Waals surface area contributed by atoms with E-state index in [0.717, 1.165) is 11.3 Å². The van der Waals surface area contributed by atoms with Gasteiger partial charge in [0.15, 0.2) is 0 Å². The number of aliphatic hydroxyl groups excluding tert-OH is 1. The average Bonchev–Trinajstić information content (AvgIpc) is 2.39. The Morgan fingerprint density at radius 1 is 1.37 bits per heavy atom. The van der Waals surface area contributed by atoms with E-state index in [1.54, 1.807) is 7.11 Å². The Balaban J connectivity index is 3.21. The van der Waals surface area contributed by atoms with Crippen LogP contribution < -0.4 is 10.5 Å². The zero-order chi connectivity index (χ0) is 14.6. The molecule has 0 bridgehead atoms. The van der Waals surface area contributed by atoms with Crippen LogP contribution in [0.4, 0.5) is 0 Å². The van der Waals surface area contributed by atoms with Gasteiger partial charge >= 0.3 is 0 Å². The Labute approximate surface area is 116 Å². The molecule has 3 N–H and O–H groups in total. The summed E-state index contributed by atoms with van der Waals surface area (Å²) >= 11 is 0. The van der Waals surface area contributed by atoms with E-state index in [4.69, 9.17) is 10.5 Å². The van der Waals surface area contributed by atoms with Crippen LogP contribution in [0.2, 0.25) is 0 Å². The Hall–Kier alpha value is -1.10. The van der Waals surface area contributed by atoms with E-state index in [-0.39, 0.29) is 24.2 Å². The van der Waals surface area contributed by atoms with Crippen molar-refractivity contribution in [2.24, 2.45) is 5.73 Å². The summed E-state index contributed by atoms with van der Waals surface area (Å²) < 4.78 is 5.43. The molecule has 2 unspecified atom stereocenters. The minimum atomic E-state index is -0.348. The van der Waals surface area contributed by atoms with E-state index in [1.807, 2.05) is 52.1 Å². The molecule has 0 aliphatic heterocycles. The van der Waals surface area contributed by atoms with Crippen LogP contribution in [0.25, 0.3) is 0 Å². The number of aliphatic hydroxyl groups is 1. The van der Waals surface area contributed by atoms with Gasteiger partial charge in [-0.2, -0.15) is 0 Å². The molecule has 108 valence electrons. The number of nitrogens with zero attached hydrogens (tertiary/aromatic N) is 1. The van der Waals surface area contributed by atoms with Crippen LogP contribution in [-0.2, 0) is 0 Å². The van der Waals surface area contributed by atoms with E-state index >= 15 is 0 Å². The summed E-state index contributed by atoms with van der Waals surface area (Å²) in [6.45, 7) is 6.04. The second-order valence-corrected chi connectivity index (χ2v) is 5.63. The summed E-state index contributed by atoms with van der Waals surface area (Å²) in [5.74, 6) is 0.824. The number of hydrogen-bond acceptors (Lipinski definition) is 4. The number of hydrogen-bond donors (Lipinski definition) is 2. The van der Waals surface area contributed by atoms with Gasteiger partial charge in [0.25, 0.3) is 0 Å². The number of methoxy groups -OCH3 is 1. The molecule has 4 heteroatoms. The van der Waals surface area contributed by atoms with Gasteiger partial charge in [-0.25, -0.2) is 0 Å². The first kappa shape index (κ1) is 16.0. The highest BCUT2D eigenvalue weighted by Crippen LogP contribution is 2.34. The van der Waals surface area contributed by atoms with Crippen LogP contribution in [0.1, 0.15) is 32.4 Å². The number of ether oxygens (including phenoxy) is 1. The lowest BCUT2D eigenvalue weighted by atomic mass is 9.93. The number of para-hydroxylation sites is 1. The summed E-state index contributed by atoms with van der Waals surface area (Å²) in [6.07, 6.45) is 0. The van der Waals surface area contributed by atoms with Crippen molar-refractivity contribution in [3.05, 3.63) is 29.8 Å². The Bertz CT molecular complexity index is 405. The lowest BCUT2D eigenvalue weighted by Gasteiger charge is -2.42. The van der Waals surface area contributed by atoms with Gasteiger partial charge in [-0.1, -0.05) is 18.2 Å². The molecule has 0 heterocycles. The van der Waals surface area contributed by atoms with Gasteiger partial charge in [0.1, 0.15) is 5.75 Å². The smallest absolute Gasteiger partial charge is 0.123 e. The van der Waals surface area contributed by atoms with E-state index < -0.39 is 0 Å². The van der Waals surface area contributed by atoms with E-state index in [2.05, 4.69) is 4.90 Å². The molecule has 0 aliphatic carbocycles. The van der Waals surface area contributed by atoms with Crippen molar-refractivity contribution < 1.29 is 9.84 Å². The molecule has 0 fully saturated rings. The Morgan fingerprint density at radius 2 is 1.95 bits per heavy atom. The summed E-state index contributed by atoms with van der Waals surface area (Å²) in [5, 5.41) is 9.55. The fourth-order valence-corrected chi connectivity index (χ4v) is 2.24. The normalized spacial score (nSPS) is 15.4. The molecule has 0 amide bonds. The first-order chi connectivity index (χ1) is 8.85. The molecule has 0 saturated carbocycles. The molecule has 0 spiro atoms. The zero-order valence-corrected chi connectivity index (χ0v) is 12.6. The quantitative estimate of drug-likeness (QED) is 0.824. The molecule has 0 aromatic heterocycles. The maximum Gasteiger partial charge on any atom is 0.123 e.